The lowest BCUT2D eigenvalue weighted by Crippen LogP contribution is -2.47. The Morgan fingerprint density at radius 1 is 1.21 bits per heavy atom. The molecule has 128 valence electrons. The number of hydrogen-bond donors (Lipinski definition) is 1. The van der Waals surface area contributed by atoms with Crippen LogP contribution in [0.5, 0.6) is 5.75 Å². The number of anilines is 1. The van der Waals surface area contributed by atoms with E-state index in [4.69, 9.17) is 4.74 Å². The molecule has 0 spiro atoms. The van der Waals surface area contributed by atoms with Crippen LogP contribution in [0.2, 0.25) is 0 Å². The van der Waals surface area contributed by atoms with Crippen LogP contribution in [-0.4, -0.2) is 59.8 Å². The first-order valence-electron chi connectivity index (χ1n) is 8.23. The predicted octanol–water partition coefficient (Wildman–Crippen LogP) is 1.65. The van der Waals surface area contributed by atoms with Crippen molar-refractivity contribution in [3.8, 4) is 5.75 Å². The quantitative estimate of drug-likeness (QED) is 0.900. The van der Waals surface area contributed by atoms with Gasteiger partial charge in [-0.05, 0) is 19.1 Å². The van der Waals surface area contributed by atoms with Crippen molar-refractivity contribution < 1.29 is 9.84 Å². The fraction of sp³-hybridized carbons (Fsp3) is 0.444. The maximum Gasteiger partial charge on any atom is 0.147 e. The Morgan fingerprint density at radius 2 is 2.00 bits per heavy atom. The van der Waals surface area contributed by atoms with Gasteiger partial charge in [0.15, 0.2) is 0 Å². The van der Waals surface area contributed by atoms with E-state index in [1.807, 2.05) is 25.1 Å². The Bertz CT molecular complexity index is 657. The molecule has 0 radical (unpaired) electrons. The third-order valence-corrected chi connectivity index (χ3v) is 4.42. The van der Waals surface area contributed by atoms with Gasteiger partial charge in [-0.15, -0.1) is 0 Å². The second-order valence-corrected chi connectivity index (χ2v) is 6.11. The summed E-state index contributed by atoms with van der Waals surface area (Å²) in [7, 11) is 1.64. The highest BCUT2D eigenvalue weighted by Crippen LogP contribution is 2.27. The minimum absolute atomic E-state index is 0.553. The molecule has 0 bridgehead atoms. The Balaban J connectivity index is 1.59. The second-order valence-electron chi connectivity index (χ2n) is 6.11. The van der Waals surface area contributed by atoms with Crippen LogP contribution in [0.4, 0.5) is 5.82 Å². The van der Waals surface area contributed by atoms with Crippen molar-refractivity contribution in [1.29, 1.82) is 0 Å². The highest BCUT2D eigenvalue weighted by Gasteiger charge is 2.22. The average Bonchev–Trinajstić information content (AvgIpc) is 2.63. The molecule has 1 saturated heterocycles. The number of aliphatic hydroxyl groups is 1. The number of nitrogens with zero attached hydrogens (tertiary/aromatic N) is 4. The van der Waals surface area contributed by atoms with E-state index in [9.17, 15) is 5.11 Å². The molecule has 0 aliphatic carbocycles. The van der Waals surface area contributed by atoms with E-state index < -0.39 is 6.10 Å². The van der Waals surface area contributed by atoms with E-state index >= 15 is 0 Å². The SMILES string of the molecule is COc1ccc(C)cc1C(O)CN1CCN(c2cnccn2)CC1. The van der Waals surface area contributed by atoms with E-state index in [0.29, 0.717) is 6.54 Å². The third kappa shape index (κ3) is 3.83. The number of ether oxygens (including phenoxy) is 1. The van der Waals surface area contributed by atoms with Crippen LogP contribution in [0, 0.1) is 6.92 Å². The molecule has 0 amide bonds. The van der Waals surface area contributed by atoms with Crippen LogP contribution in [0.3, 0.4) is 0 Å². The summed E-state index contributed by atoms with van der Waals surface area (Å²) in [5.41, 5.74) is 1.98. The van der Waals surface area contributed by atoms with Crippen LogP contribution in [0.25, 0.3) is 0 Å². The number of β-amino-alcohol motifs (C(OH)–C–C–N with tert-alkyl or cyclic N) is 1. The monoisotopic (exact) mass is 328 g/mol. The molecular weight excluding hydrogens is 304 g/mol. The summed E-state index contributed by atoms with van der Waals surface area (Å²) >= 11 is 0. The van der Waals surface area contributed by atoms with Crippen molar-refractivity contribution in [2.75, 3.05) is 44.7 Å². The lowest BCUT2D eigenvalue weighted by Gasteiger charge is -2.36. The Hall–Kier alpha value is -2.18. The second kappa shape index (κ2) is 7.59. The molecule has 3 rings (SSSR count). The van der Waals surface area contributed by atoms with E-state index in [-0.39, 0.29) is 0 Å². The molecule has 6 heteroatoms. The van der Waals surface area contributed by atoms with Crippen molar-refractivity contribution in [2.24, 2.45) is 0 Å². The average molecular weight is 328 g/mol. The number of aromatic nitrogens is 2. The van der Waals surface area contributed by atoms with E-state index in [1.165, 1.54) is 0 Å². The zero-order chi connectivity index (χ0) is 16.9. The van der Waals surface area contributed by atoms with Crippen LogP contribution < -0.4 is 9.64 Å². The zero-order valence-corrected chi connectivity index (χ0v) is 14.2. The molecule has 1 aliphatic heterocycles. The first-order valence-corrected chi connectivity index (χ1v) is 8.23. The van der Waals surface area contributed by atoms with Gasteiger partial charge in [0.05, 0.1) is 19.4 Å². The van der Waals surface area contributed by atoms with Crippen molar-refractivity contribution in [3.63, 3.8) is 0 Å². The summed E-state index contributed by atoms with van der Waals surface area (Å²) < 4.78 is 5.38. The van der Waals surface area contributed by atoms with Gasteiger partial charge in [-0.25, -0.2) is 4.98 Å². The maximum absolute atomic E-state index is 10.6. The number of hydrogen-bond acceptors (Lipinski definition) is 6. The van der Waals surface area contributed by atoms with Crippen LogP contribution in [-0.2, 0) is 0 Å². The molecular formula is C18H24N4O2. The van der Waals surface area contributed by atoms with Gasteiger partial charge in [0.25, 0.3) is 0 Å². The van der Waals surface area contributed by atoms with Gasteiger partial charge < -0.3 is 14.7 Å². The smallest absolute Gasteiger partial charge is 0.147 e. The molecule has 1 atom stereocenters. The number of piperazine rings is 1. The number of methoxy groups -OCH3 is 1. The fourth-order valence-electron chi connectivity index (χ4n) is 3.07. The van der Waals surface area contributed by atoms with Gasteiger partial charge in [0.1, 0.15) is 11.6 Å². The largest absolute Gasteiger partial charge is 0.496 e. The van der Waals surface area contributed by atoms with Crippen LogP contribution >= 0.6 is 0 Å². The molecule has 1 unspecified atom stereocenters. The third-order valence-electron chi connectivity index (χ3n) is 4.42. The Kier molecular flexibility index (Phi) is 5.27. The van der Waals surface area contributed by atoms with Crippen molar-refractivity contribution in [1.82, 2.24) is 14.9 Å². The van der Waals surface area contributed by atoms with Crippen molar-refractivity contribution >= 4 is 5.82 Å². The summed E-state index contributed by atoms with van der Waals surface area (Å²) in [5, 5.41) is 10.6. The minimum atomic E-state index is -0.553. The summed E-state index contributed by atoms with van der Waals surface area (Å²) in [4.78, 5) is 13.0. The Labute approximate surface area is 142 Å². The van der Waals surface area contributed by atoms with Gasteiger partial charge in [-0.1, -0.05) is 11.6 Å². The Morgan fingerprint density at radius 3 is 2.67 bits per heavy atom. The molecule has 1 aromatic carbocycles. The lowest BCUT2D eigenvalue weighted by atomic mass is 10.0. The molecule has 2 heterocycles. The molecule has 0 saturated carbocycles. The molecule has 1 aliphatic rings. The number of aryl methyl sites for hydroxylation is 1. The fourth-order valence-corrected chi connectivity index (χ4v) is 3.07. The van der Waals surface area contributed by atoms with Crippen LogP contribution in [0.1, 0.15) is 17.2 Å². The molecule has 24 heavy (non-hydrogen) atoms. The van der Waals surface area contributed by atoms with Crippen molar-refractivity contribution in [3.05, 3.63) is 47.9 Å². The molecule has 2 aromatic rings. The number of rotatable bonds is 5. The topological polar surface area (TPSA) is 61.7 Å². The lowest BCUT2D eigenvalue weighted by molar-refractivity contribution is 0.107. The standard InChI is InChI=1S/C18H24N4O2/c1-14-3-4-17(24-2)15(11-14)16(23)13-21-7-9-22(10-8-21)18-12-19-5-6-20-18/h3-6,11-12,16,23H,7-10,13H2,1-2H3. The summed E-state index contributed by atoms with van der Waals surface area (Å²) in [5.74, 6) is 1.66. The molecule has 6 nitrogen and oxygen atoms in total. The first kappa shape index (κ1) is 16.7. The zero-order valence-electron chi connectivity index (χ0n) is 14.2. The molecule has 1 aromatic heterocycles. The first-order chi connectivity index (χ1) is 11.7. The van der Waals surface area contributed by atoms with Crippen LogP contribution in [0.15, 0.2) is 36.8 Å². The van der Waals surface area contributed by atoms with Gasteiger partial charge in [0.2, 0.25) is 0 Å². The van der Waals surface area contributed by atoms with E-state index in [1.54, 1.807) is 25.7 Å². The predicted molar refractivity (Wildman–Crippen MR) is 93.4 cm³/mol. The molecule has 1 fully saturated rings. The van der Waals surface area contributed by atoms with E-state index in [0.717, 1.165) is 48.9 Å². The molecule has 1 N–H and O–H groups in total. The van der Waals surface area contributed by atoms with Gasteiger partial charge in [-0.3, -0.25) is 9.88 Å². The highest BCUT2D eigenvalue weighted by molar-refractivity contribution is 5.39. The summed E-state index contributed by atoms with van der Waals surface area (Å²) in [6.45, 7) is 6.18. The van der Waals surface area contributed by atoms with Crippen molar-refractivity contribution in [2.45, 2.75) is 13.0 Å². The number of benzene rings is 1. The maximum atomic E-state index is 10.6. The normalized spacial score (nSPS) is 16.9. The van der Waals surface area contributed by atoms with Gasteiger partial charge in [0, 0.05) is 50.7 Å². The highest BCUT2D eigenvalue weighted by atomic mass is 16.5. The van der Waals surface area contributed by atoms with Gasteiger partial charge in [-0.2, -0.15) is 0 Å². The number of aliphatic hydroxyl groups excluding tert-OH is 1. The summed E-state index contributed by atoms with van der Waals surface area (Å²) in [6, 6.07) is 5.91. The minimum Gasteiger partial charge on any atom is -0.496 e. The van der Waals surface area contributed by atoms with Gasteiger partial charge >= 0.3 is 0 Å². The van der Waals surface area contributed by atoms with E-state index in [2.05, 4.69) is 19.8 Å². The summed E-state index contributed by atoms with van der Waals surface area (Å²) in [6.07, 6.45) is 4.64.